The van der Waals surface area contributed by atoms with Crippen LogP contribution >= 0.6 is 0 Å². The van der Waals surface area contributed by atoms with E-state index in [1.807, 2.05) is 0 Å². The topological polar surface area (TPSA) is 15.3 Å². The smallest absolute Gasteiger partial charge is 0.0165 e. The number of hydrogen-bond acceptors (Lipinski definition) is 2. The van der Waals surface area contributed by atoms with Crippen LogP contribution < -0.4 is 5.32 Å². The largest absolute Gasteiger partial charge is 0.314 e. The number of hydrogen-bond donors (Lipinski definition) is 1. The first-order chi connectivity index (χ1) is 8.74. The lowest BCUT2D eigenvalue weighted by Gasteiger charge is -2.31. The van der Waals surface area contributed by atoms with Crippen molar-refractivity contribution >= 4 is 0 Å². The van der Waals surface area contributed by atoms with Crippen molar-refractivity contribution in [3.63, 3.8) is 0 Å². The van der Waals surface area contributed by atoms with Crippen LogP contribution in [0.15, 0.2) is 11.6 Å². The Morgan fingerprint density at radius 3 is 2.50 bits per heavy atom. The minimum absolute atomic E-state index is 0.784. The number of nitrogens with zero attached hydrogens (tertiary/aromatic N) is 1. The molecule has 1 aliphatic heterocycles. The molecule has 0 bridgehead atoms. The van der Waals surface area contributed by atoms with Crippen molar-refractivity contribution in [1.82, 2.24) is 10.2 Å². The molecular formula is C16H30N2. The molecule has 2 fully saturated rings. The van der Waals surface area contributed by atoms with Gasteiger partial charge in [0.15, 0.2) is 0 Å². The summed E-state index contributed by atoms with van der Waals surface area (Å²) in [6.45, 7) is 9.31. The molecule has 0 unspecified atom stereocenters. The summed E-state index contributed by atoms with van der Waals surface area (Å²) >= 11 is 0. The Hall–Kier alpha value is -0.340. The van der Waals surface area contributed by atoms with Gasteiger partial charge in [-0.25, -0.2) is 0 Å². The fourth-order valence-corrected chi connectivity index (χ4v) is 2.73. The lowest BCUT2D eigenvalue weighted by atomic mass is 10.0. The SMILES string of the molecule is CC(C)=CCN1CCC(NCCCC2CC2)CC1. The van der Waals surface area contributed by atoms with E-state index < -0.39 is 0 Å². The molecule has 1 saturated heterocycles. The van der Waals surface area contributed by atoms with E-state index in [2.05, 4.69) is 30.1 Å². The summed E-state index contributed by atoms with van der Waals surface area (Å²) in [6.07, 6.45) is 10.9. The van der Waals surface area contributed by atoms with Gasteiger partial charge in [0.2, 0.25) is 0 Å². The van der Waals surface area contributed by atoms with Crippen LogP contribution in [0.25, 0.3) is 0 Å². The number of rotatable bonds is 7. The average Bonchev–Trinajstić information content (AvgIpc) is 3.17. The van der Waals surface area contributed by atoms with Gasteiger partial charge in [-0.1, -0.05) is 24.5 Å². The van der Waals surface area contributed by atoms with E-state index in [1.165, 1.54) is 63.7 Å². The van der Waals surface area contributed by atoms with E-state index in [9.17, 15) is 0 Å². The van der Waals surface area contributed by atoms with Gasteiger partial charge in [-0.2, -0.15) is 0 Å². The third kappa shape index (κ3) is 5.53. The molecule has 2 aliphatic rings. The Bertz CT molecular complexity index is 256. The maximum Gasteiger partial charge on any atom is 0.0165 e. The number of piperidine rings is 1. The molecule has 0 aromatic rings. The molecule has 1 heterocycles. The summed E-state index contributed by atoms with van der Waals surface area (Å²) in [7, 11) is 0. The number of nitrogens with one attached hydrogen (secondary N) is 1. The zero-order chi connectivity index (χ0) is 12.8. The molecule has 0 radical (unpaired) electrons. The molecule has 104 valence electrons. The van der Waals surface area contributed by atoms with Crippen LogP contribution in [0.4, 0.5) is 0 Å². The maximum absolute atomic E-state index is 3.75. The second kappa shape index (κ2) is 7.30. The Kier molecular flexibility index (Phi) is 5.71. The average molecular weight is 250 g/mol. The van der Waals surface area contributed by atoms with E-state index in [4.69, 9.17) is 0 Å². The second-order valence-electron chi connectivity index (χ2n) is 6.40. The van der Waals surface area contributed by atoms with Crippen molar-refractivity contribution in [2.24, 2.45) is 5.92 Å². The Morgan fingerprint density at radius 1 is 1.17 bits per heavy atom. The normalized spacial score (nSPS) is 22.1. The second-order valence-corrected chi connectivity index (χ2v) is 6.40. The lowest BCUT2D eigenvalue weighted by Crippen LogP contribution is -2.42. The zero-order valence-electron chi connectivity index (χ0n) is 12.3. The predicted octanol–water partition coefficient (Wildman–Crippen LogP) is 3.20. The molecule has 0 atom stereocenters. The van der Waals surface area contributed by atoms with E-state index in [-0.39, 0.29) is 0 Å². The molecular weight excluding hydrogens is 220 g/mol. The minimum atomic E-state index is 0.784. The van der Waals surface area contributed by atoms with Gasteiger partial charge >= 0.3 is 0 Å². The van der Waals surface area contributed by atoms with Gasteiger partial charge in [0, 0.05) is 12.6 Å². The Morgan fingerprint density at radius 2 is 1.89 bits per heavy atom. The highest BCUT2D eigenvalue weighted by Crippen LogP contribution is 2.33. The van der Waals surface area contributed by atoms with E-state index in [0.29, 0.717) is 0 Å². The monoisotopic (exact) mass is 250 g/mol. The van der Waals surface area contributed by atoms with Crippen molar-refractivity contribution in [2.75, 3.05) is 26.2 Å². The van der Waals surface area contributed by atoms with Crippen LogP contribution in [-0.4, -0.2) is 37.1 Å². The molecule has 1 N–H and O–H groups in total. The van der Waals surface area contributed by atoms with Gasteiger partial charge in [0.1, 0.15) is 0 Å². The van der Waals surface area contributed by atoms with Crippen LogP contribution in [-0.2, 0) is 0 Å². The van der Waals surface area contributed by atoms with Gasteiger partial charge in [0.05, 0.1) is 0 Å². The fourth-order valence-electron chi connectivity index (χ4n) is 2.73. The summed E-state index contributed by atoms with van der Waals surface area (Å²) in [5, 5.41) is 3.75. The molecule has 1 saturated carbocycles. The fraction of sp³-hybridized carbons (Fsp3) is 0.875. The van der Waals surface area contributed by atoms with Crippen LogP contribution in [0.5, 0.6) is 0 Å². The molecule has 0 aromatic heterocycles. The van der Waals surface area contributed by atoms with Gasteiger partial charge in [-0.15, -0.1) is 0 Å². The zero-order valence-corrected chi connectivity index (χ0v) is 12.3. The van der Waals surface area contributed by atoms with Crippen LogP contribution in [0.3, 0.4) is 0 Å². The molecule has 1 aliphatic carbocycles. The summed E-state index contributed by atoms with van der Waals surface area (Å²) in [6, 6.07) is 0.784. The van der Waals surface area contributed by atoms with Gasteiger partial charge < -0.3 is 5.32 Å². The molecule has 0 spiro atoms. The summed E-state index contributed by atoms with van der Waals surface area (Å²) in [5.41, 5.74) is 1.44. The van der Waals surface area contributed by atoms with E-state index in [0.717, 1.165) is 18.5 Å². The van der Waals surface area contributed by atoms with Crippen molar-refractivity contribution in [2.45, 2.75) is 58.4 Å². The number of likely N-dealkylation sites (tertiary alicyclic amines) is 1. The Balaban J connectivity index is 1.50. The first-order valence-corrected chi connectivity index (χ1v) is 7.83. The highest BCUT2D eigenvalue weighted by Gasteiger charge is 2.21. The predicted molar refractivity (Wildman–Crippen MR) is 78.9 cm³/mol. The molecule has 18 heavy (non-hydrogen) atoms. The van der Waals surface area contributed by atoms with Crippen molar-refractivity contribution < 1.29 is 0 Å². The van der Waals surface area contributed by atoms with Gasteiger partial charge in [-0.3, -0.25) is 4.90 Å². The summed E-state index contributed by atoms with van der Waals surface area (Å²) in [5.74, 6) is 1.10. The standard InChI is InChI=1S/C16H30N2/c1-14(2)7-11-18-12-8-16(9-13-18)17-10-3-4-15-5-6-15/h7,15-17H,3-6,8-13H2,1-2H3. The third-order valence-corrected chi connectivity index (χ3v) is 4.26. The van der Waals surface area contributed by atoms with E-state index >= 15 is 0 Å². The van der Waals surface area contributed by atoms with Crippen molar-refractivity contribution in [3.8, 4) is 0 Å². The summed E-state index contributed by atoms with van der Waals surface area (Å²) < 4.78 is 0. The number of allylic oxidation sites excluding steroid dienone is 1. The molecule has 0 amide bonds. The highest BCUT2D eigenvalue weighted by atomic mass is 15.1. The molecule has 2 rings (SSSR count). The molecule has 2 nitrogen and oxygen atoms in total. The highest BCUT2D eigenvalue weighted by molar-refractivity contribution is 4.95. The van der Waals surface area contributed by atoms with Crippen molar-refractivity contribution in [3.05, 3.63) is 11.6 Å². The van der Waals surface area contributed by atoms with Gasteiger partial charge in [-0.05, 0) is 65.1 Å². The first kappa shape index (κ1) is 14.1. The van der Waals surface area contributed by atoms with E-state index in [1.54, 1.807) is 0 Å². The van der Waals surface area contributed by atoms with Crippen molar-refractivity contribution in [1.29, 1.82) is 0 Å². The van der Waals surface area contributed by atoms with Crippen LogP contribution in [0, 0.1) is 5.92 Å². The van der Waals surface area contributed by atoms with Crippen LogP contribution in [0.1, 0.15) is 52.4 Å². The quantitative estimate of drug-likeness (QED) is 0.551. The maximum atomic E-state index is 3.75. The molecule has 2 heteroatoms. The molecule has 0 aromatic carbocycles. The third-order valence-electron chi connectivity index (χ3n) is 4.26. The minimum Gasteiger partial charge on any atom is -0.314 e. The lowest BCUT2D eigenvalue weighted by molar-refractivity contribution is 0.214. The Labute approximate surface area is 113 Å². The van der Waals surface area contributed by atoms with Crippen LogP contribution in [0.2, 0.25) is 0 Å². The van der Waals surface area contributed by atoms with Gasteiger partial charge in [0.25, 0.3) is 0 Å². The summed E-state index contributed by atoms with van der Waals surface area (Å²) in [4.78, 5) is 2.58. The first-order valence-electron chi connectivity index (χ1n) is 7.83.